The number of amides is 1. The molecule has 0 aliphatic carbocycles. The van der Waals surface area contributed by atoms with Gasteiger partial charge < -0.3 is 10.6 Å². The third-order valence-corrected chi connectivity index (χ3v) is 3.96. The van der Waals surface area contributed by atoms with Crippen LogP contribution in [0.5, 0.6) is 0 Å². The van der Waals surface area contributed by atoms with Gasteiger partial charge >= 0.3 is 0 Å². The van der Waals surface area contributed by atoms with E-state index in [1.54, 1.807) is 22.8 Å². The summed E-state index contributed by atoms with van der Waals surface area (Å²) in [4.78, 5) is 24.7. The van der Waals surface area contributed by atoms with Crippen molar-refractivity contribution in [1.29, 1.82) is 0 Å². The van der Waals surface area contributed by atoms with E-state index >= 15 is 0 Å². The predicted octanol–water partition coefficient (Wildman–Crippen LogP) is 2.03. The summed E-state index contributed by atoms with van der Waals surface area (Å²) in [5.74, 6) is 1.11. The first-order valence-electron chi connectivity index (χ1n) is 8.49. The van der Waals surface area contributed by atoms with Gasteiger partial charge in [-0.2, -0.15) is 14.6 Å². The minimum absolute atomic E-state index is 0.157. The second-order valence-electron chi connectivity index (χ2n) is 5.79. The highest BCUT2D eigenvalue weighted by Crippen LogP contribution is 2.20. The van der Waals surface area contributed by atoms with E-state index in [0.717, 1.165) is 17.1 Å². The zero-order chi connectivity index (χ0) is 18.5. The molecular weight excluding hydrogens is 342 g/mol. The molecule has 4 rings (SSSR count). The molecule has 2 N–H and O–H groups in total. The van der Waals surface area contributed by atoms with E-state index in [1.807, 2.05) is 36.4 Å². The third-order valence-electron chi connectivity index (χ3n) is 3.96. The molecule has 3 aromatic heterocycles. The number of carbonyl (C=O) groups is 1. The first-order chi connectivity index (χ1) is 13.3. The van der Waals surface area contributed by atoms with Crippen LogP contribution in [-0.4, -0.2) is 43.6 Å². The normalized spacial score (nSPS) is 10.7. The van der Waals surface area contributed by atoms with Gasteiger partial charge in [-0.1, -0.05) is 30.3 Å². The Morgan fingerprint density at radius 2 is 1.96 bits per heavy atom. The van der Waals surface area contributed by atoms with Crippen LogP contribution >= 0.6 is 0 Å². The number of anilines is 1. The van der Waals surface area contributed by atoms with E-state index in [0.29, 0.717) is 24.4 Å². The topological polar surface area (TPSA) is 97.1 Å². The van der Waals surface area contributed by atoms with Gasteiger partial charge in [0.1, 0.15) is 12.1 Å². The van der Waals surface area contributed by atoms with Crippen LogP contribution in [0.4, 0.5) is 5.82 Å². The van der Waals surface area contributed by atoms with Crippen molar-refractivity contribution < 1.29 is 4.79 Å². The number of aromatic nitrogens is 5. The molecule has 3 heterocycles. The number of nitrogens with zero attached hydrogens (tertiary/aromatic N) is 5. The lowest BCUT2D eigenvalue weighted by Crippen LogP contribution is -2.29. The molecule has 0 radical (unpaired) electrons. The Hall–Kier alpha value is -3.81. The maximum Gasteiger partial charge on any atom is 0.254 e. The van der Waals surface area contributed by atoms with Crippen molar-refractivity contribution in [2.75, 3.05) is 18.4 Å². The Balaban J connectivity index is 1.45. The Bertz CT molecular complexity index is 1050. The van der Waals surface area contributed by atoms with Crippen LogP contribution in [0.2, 0.25) is 0 Å². The standard InChI is InChI=1S/C19H17N7O/c27-18(15-7-4-8-20-12-15)22-10-9-21-17-11-16(14-5-2-1-3-6-14)25-19-23-13-24-26(17)19/h1-8,11-13,21H,9-10H2,(H,22,27). The van der Waals surface area contributed by atoms with Crippen LogP contribution < -0.4 is 10.6 Å². The SMILES string of the molecule is O=C(NCCNc1cc(-c2ccccc2)nc2ncnn12)c1cccnc1. The van der Waals surface area contributed by atoms with E-state index in [-0.39, 0.29) is 5.91 Å². The molecule has 0 bridgehead atoms. The summed E-state index contributed by atoms with van der Waals surface area (Å²) in [6.45, 7) is 0.978. The molecule has 1 aromatic carbocycles. The number of pyridine rings is 1. The highest BCUT2D eigenvalue weighted by atomic mass is 16.1. The molecule has 0 spiro atoms. The largest absolute Gasteiger partial charge is 0.368 e. The molecule has 0 fully saturated rings. The molecule has 8 heteroatoms. The summed E-state index contributed by atoms with van der Waals surface area (Å²) < 4.78 is 1.63. The van der Waals surface area contributed by atoms with Crippen LogP contribution in [-0.2, 0) is 0 Å². The molecule has 134 valence electrons. The van der Waals surface area contributed by atoms with Gasteiger partial charge in [0.2, 0.25) is 0 Å². The first-order valence-corrected chi connectivity index (χ1v) is 8.49. The third kappa shape index (κ3) is 3.74. The fourth-order valence-electron chi connectivity index (χ4n) is 2.66. The van der Waals surface area contributed by atoms with Crippen molar-refractivity contribution in [3.05, 3.63) is 72.8 Å². The first kappa shape index (κ1) is 16.6. The number of rotatable bonds is 6. The van der Waals surface area contributed by atoms with E-state index in [1.165, 1.54) is 12.5 Å². The Morgan fingerprint density at radius 1 is 1.07 bits per heavy atom. The summed E-state index contributed by atoms with van der Waals surface area (Å²) in [5.41, 5.74) is 2.33. The molecule has 27 heavy (non-hydrogen) atoms. The minimum atomic E-state index is -0.157. The van der Waals surface area contributed by atoms with Crippen LogP contribution in [0.25, 0.3) is 17.0 Å². The molecule has 0 unspecified atom stereocenters. The Kier molecular flexibility index (Phi) is 4.69. The van der Waals surface area contributed by atoms with E-state index in [4.69, 9.17) is 0 Å². The van der Waals surface area contributed by atoms with E-state index < -0.39 is 0 Å². The highest BCUT2D eigenvalue weighted by molar-refractivity contribution is 5.93. The summed E-state index contributed by atoms with van der Waals surface area (Å²) in [5, 5.41) is 10.3. The van der Waals surface area contributed by atoms with Gasteiger partial charge in [-0.3, -0.25) is 9.78 Å². The average molecular weight is 359 g/mol. The molecule has 0 aliphatic heterocycles. The molecule has 0 aliphatic rings. The van der Waals surface area contributed by atoms with Crippen LogP contribution in [0.15, 0.2) is 67.3 Å². The number of hydrogen-bond donors (Lipinski definition) is 2. The molecule has 0 saturated heterocycles. The van der Waals surface area contributed by atoms with Crippen molar-refractivity contribution in [2.45, 2.75) is 0 Å². The lowest BCUT2D eigenvalue weighted by atomic mass is 10.1. The summed E-state index contributed by atoms with van der Waals surface area (Å²) in [7, 11) is 0. The molecule has 1 amide bonds. The van der Waals surface area contributed by atoms with Crippen molar-refractivity contribution in [1.82, 2.24) is 29.9 Å². The second-order valence-corrected chi connectivity index (χ2v) is 5.79. The van der Waals surface area contributed by atoms with Crippen molar-refractivity contribution in [3.63, 3.8) is 0 Å². The minimum Gasteiger partial charge on any atom is -0.368 e. The summed E-state index contributed by atoms with van der Waals surface area (Å²) in [6, 6.07) is 15.3. The lowest BCUT2D eigenvalue weighted by molar-refractivity contribution is 0.0955. The van der Waals surface area contributed by atoms with E-state index in [2.05, 4.69) is 30.7 Å². The molecule has 0 atom stereocenters. The highest BCUT2D eigenvalue weighted by Gasteiger charge is 2.09. The van der Waals surface area contributed by atoms with Gasteiger partial charge in [0.25, 0.3) is 11.7 Å². The van der Waals surface area contributed by atoms with Crippen LogP contribution in [0, 0.1) is 0 Å². The van der Waals surface area contributed by atoms with Gasteiger partial charge in [-0.05, 0) is 12.1 Å². The van der Waals surface area contributed by atoms with Crippen LogP contribution in [0.1, 0.15) is 10.4 Å². The average Bonchev–Trinajstić information content (AvgIpc) is 3.21. The van der Waals surface area contributed by atoms with Crippen molar-refractivity contribution in [3.8, 4) is 11.3 Å². The quantitative estimate of drug-likeness (QED) is 0.511. The number of fused-ring (bicyclic) bond motifs is 1. The number of benzene rings is 1. The van der Waals surface area contributed by atoms with Gasteiger partial charge in [-0.25, -0.2) is 4.98 Å². The Morgan fingerprint density at radius 3 is 2.78 bits per heavy atom. The van der Waals surface area contributed by atoms with Gasteiger partial charge in [-0.15, -0.1) is 0 Å². The fraction of sp³-hybridized carbons (Fsp3) is 0.105. The monoisotopic (exact) mass is 359 g/mol. The fourth-order valence-corrected chi connectivity index (χ4v) is 2.66. The number of hydrogen-bond acceptors (Lipinski definition) is 6. The number of carbonyl (C=O) groups excluding carboxylic acids is 1. The Labute approximate surface area is 155 Å². The molecule has 4 aromatic rings. The lowest BCUT2D eigenvalue weighted by Gasteiger charge is -2.11. The summed E-state index contributed by atoms with van der Waals surface area (Å²) >= 11 is 0. The molecule has 8 nitrogen and oxygen atoms in total. The van der Waals surface area contributed by atoms with Crippen LogP contribution in [0.3, 0.4) is 0 Å². The van der Waals surface area contributed by atoms with Gasteiger partial charge in [0.05, 0.1) is 11.3 Å². The molecular formula is C19H17N7O. The smallest absolute Gasteiger partial charge is 0.254 e. The van der Waals surface area contributed by atoms with Gasteiger partial charge in [0, 0.05) is 37.1 Å². The van der Waals surface area contributed by atoms with Crippen molar-refractivity contribution in [2.24, 2.45) is 0 Å². The maximum atomic E-state index is 12.0. The van der Waals surface area contributed by atoms with E-state index in [9.17, 15) is 4.79 Å². The maximum absolute atomic E-state index is 12.0. The van der Waals surface area contributed by atoms with Gasteiger partial charge in [0.15, 0.2) is 0 Å². The predicted molar refractivity (Wildman–Crippen MR) is 101 cm³/mol. The second kappa shape index (κ2) is 7.61. The zero-order valence-electron chi connectivity index (χ0n) is 14.4. The van der Waals surface area contributed by atoms with Crippen molar-refractivity contribution >= 4 is 17.5 Å². The number of nitrogens with one attached hydrogen (secondary N) is 2. The summed E-state index contributed by atoms with van der Waals surface area (Å²) in [6.07, 6.45) is 4.64. The zero-order valence-corrected chi connectivity index (χ0v) is 14.4. The molecule has 0 saturated carbocycles.